The van der Waals surface area contributed by atoms with Crippen LogP contribution in [0.4, 0.5) is 19.0 Å². The summed E-state index contributed by atoms with van der Waals surface area (Å²) in [5, 5.41) is 21.7. The van der Waals surface area contributed by atoms with Gasteiger partial charge in [0.05, 0.1) is 10.9 Å². The molecule has 3 fully saturated rings. The van der Waals surface area contributed by atoms with Gasteiger partial charge in [0, 0.05) is 50.3 Å². The third kappa shape index (κ3) is 4.73. The number of halogens is 3. The van der Waals surface area contributed by atoms with Crippen molar-refractivity contribution in [2.24, 2.45) is 5.92 Å². The monoisotopic (exact) mass is 593 g/mol. The molecular weight excluding hydrogens is 559 g/mol. The smallest absolute Gasteiger partial charge is 0.319 e. The second-order valence-corrected chi connectivity index (χ2v) is 12.1. The van der Waals surface area contributed by atoms with E-state index >= 15 is 4.39 Å². The summed E-state index contributed by atoms with van der Waals surface area (Å²) >= 11 is 0. The molecule has 7 rings (SSSR count). The molecule has 8 nitrogen and oxygen atoms in total. The Hall–Kier alpha value is -3.70. The minimum absolute atomic E-state index is 0.0149. The minimum Gasteiger partial charge on any atom is -0.508 e. The van der Waals surface area contributed by atoms with E-state index in [0.29, 0.717) is 60.0 Å². The Morgan fingerprint density at radius 2 is 2.00 bits per heavy atom. The fourth-order valence-corrected chi connectivity index (χ4v) is 7.37. The van der Waals surface area contributed by atoms with Gasteiger partial charge in [-0.25, -0.2) is 13.2 Å². The van der Waals surface area contributed by atoms with Gasteiger partial charge in [0.25, 0.3) is 0 Å². The van der Waals surface area contributed by atoms with E-state index in [-0.39, 0.29) is 47.7 Å². The molecule has 3 aliphatic rings. The molecule has 2 aromatic carbocycles. The summed E-state index contributed by atoms with van der Waals surface area (Å²) in [5.74, 6) is -0.755. The third-order valence-corrected chi connectivity index (χ3v) is 9.48. The number of rotatable bonds is 7. The van der Waals surface area contributed by atoms with Gasteiger partial charge in [0.1, 0.15) is 41.4 Å². The van der Waals surface area contributed by atoms with Crippen LogP contribution in [0.25, 0.3) is 32.9 Å². The Morgan fingerprint density at radius 3 is 2.79 bits per heavy atom. The molecule has 5 heterocycles. The van der Waals surface area contributed by atoms with E-state index in [4.69, 9.17) is 9.72 Å². The van der Waals surface area contributed by atoms with E-state index in [0.717, 1.165) is 25.8 Å². The number of fused-ring (bicyclic) bond motifs is 3. The molecule has 1 unspecified atom stereocenters. The first-order valence-corrected chi connectivity index (χ1v) is 15.0. The van der Waals surface area contributed by atoms with Crippen molar-refractivity contribution in [2.45, 2.75) is 50.7 Å². The number of hydrogen-bond donors (Lipinski definition) is 2. The average molecular weight is 594 g/mol. The molecule has 3 saturated heterocycles. The van der Waals surface area contributed by atoms with Gasteiger partial charge < -0.3 is 19.8 Å². The number of nitrogens with zero attached hydrogens (tertiary/aromatic N) is 5. The molecule has 0 amide bonds. The molecule has 2 aromatic heterocycles. The summed E-state index contributed by atoms with van der Waals surface area (Å²) in [6.07, 6.45) is 3.84. The third-order valence-electron chi connectivity index (χ3n) is 9.48. The van der Waals surface area contributed by atoms with Crippen LogP contribution >= 0.6 is 0 Å². The van der Waals surface area contributed by atoms with Crippen molar-refractivity contribution in [1.29, 1.82) is 0 Å². The maximum atomic E-state index is 16.6. The van der Waals surface area contributed by atoms with Gasteiger partial charge in [0.2, 0.25) is 0 Å². The van der Waals surface area contributed by atoms with E-state index in [2.05, 4.69) is 14.9 Å². The number of benzene rings is 2. The molecule has 0 aliphatic carbocycles. The number of alkyl halides is 1. The molecular formula is C32H34F3N5O3. The van der Waals surface area contributed by atoms with Crippen molar-refractivity contribution in [3.63, 3.8) is 0 Å². The van der Waals surface area contributed by atoms with Gasteiger partial charge in [-0.15, -0.1) is 0 Å². The Labute approximate surface area is 247 Å². The first-order chi connectivity index (χ1) is 20.8. The fourth-order valence-electron chi connectivity index (χ4n) is 7.37. The number of pyridine rings is 1. The summed E-state index contributed by atoms with van der Waals surface area (Å²) < 4.78 is 52.1. The summed E-state index contributed by atoms with van der Waals surface area (Å²) in [5.41, 5.74) is 0.137. The normalized spacial score (nSPS) is 24.0. The van der Waals surface area contributed by atoms with Crippen LogP contribution < -0.4 is 9.64 Å². The van der Waals surface area contributed by atoms with E-state index in [9.17, 15) is 19.0 Å². The topological polar surface area (TPSA) is 94.8 Å². The van der Waals surface area contributed by atoms with Crippen LogP contribution in [0.15, 0.2) is 30.5 Å². The zero-order chi connectivity index (χ0) is 29.9. The second kappa shape index (κ2) is 10.8. The summed E-state index contributed by atoms with van der Waals surface area (Å²) in [6.45, 7) is 4.37. The lowest BCUT2D eigenvalue weighted by Gasteiger charge is -2.31. The highest BCUT2D eigenvalue weighted by molar-refractivity contribution is 6.01. The first kappa shape index (κ1) is 28.1. The van der Waals surface area contributed by atoms with Crippen LogP contribution in [0.2, 0.25) is 0 Å². The molecule has 4 aromatic rings. The van der Waals surface area contributed by atoms with Gasteiger partial charge >= 0.3 is 6.01 Å². The number of aromatic hydroxyl groups is 1. The van der Waals surface area contributed by atoms with Crippen molar-refractivity contribution in [1.82, 2.24) is 19.9 Å². The molecule has 11 heteroatoms. The highest BCUT2D eigenvalue weighted by Gasteiger charge is 2.49. The number of hydrogen-bond acceptors (Lipinski definition) is 8. The van der Waals surface area contributed by atoms with Crippen LogP contribution in [0.5, 0.6) is 11.8 Å². The molecule has 0 saturated carbocycles. The largest absolute Gasteiger partial charge is 0.508 e. The number of phenolic OH excluding ortho intramolecular Hbond substituents is 1. The Bertz CT molecular complexity index is 1720. The number of phenols is 1. The standard InChI is InChI=1S/C32H34F3N5O3/c1-2-22-25(34)5-4-19-10-21(42)11-23(26(19)22)28-27(35)29-24(13-36-28)30(39-9-6-18(14-39)16-41)38-31(37-29)43-17-32-7-3-8-40(32)15-20(33)12-32/h4-5,10-11,13,18,20,41-42H,2-3,6-9,12,14-17H2,1H3/t18-,20+,32?/m0/s1. The van der Waals surface area contributed by atoms with E-state index in [1.165, 1.54) is 24.4 Å². The number of aliphatic hydroxyl groups excluding tert-OH is 1. The van der Waals surface area contributed by atoms with Gasteiger partial charge in [-0.3, -0.25) is 9.88 Å². The van der Waals surface area contributed by atoms with E-state index in [1.54, 1.807) is 6.07 Å². The summed E-state index contributed by atoms with van der Waals surface area (Å²) in [6, 6.07) is 5.79. The Morgan fingerprint density at radius 1 is 1.14 bits per heavy atom. The van der Waals surface area contributed by atoms with Crippen LogP contribution in [0, 0.1) is 17.6 Å². The lowest BCUT2D eigenvalue weighted by Crippen LogP contribution is -2.43. The lowest BCUT2D eigenvalue weighted by molar-refractivity contribution is 0.107. The van der Waals surface area contributed by atoms with Gasteiger partial charge in [-0.2, -0.15) is 9.97 Å². The van der Waals surface area contributed by atoms with Crippen molar-refractivity contribution in [3.05, 3.63) is 47.7 Å². The molecule has 0 radical (unpaired) electrons. The zero-order valence-electron chi connectivity index (χ0n) is 24.0. The van der Waals surface area contributed by atoms with Crippen molar-refractivity contribution >= 4 is 27.5 Å². The van der Waals surface area contributed by atoms with Crippen molar-refractivity contribution in [3.8, 4) is 23.0 Å². The highest BCUT2D eigenvalue weighted by Crippen LogP contribution is 2.42. The quantitative estimate of drug-likeness (QED) is 0.303. The molecule has 2 N–H and O–H groups in total. The maximum absolute atomic E-state index is 16.6. The van der Waals surface area contributed by atoms with Gasteiger partial charge in [-0.1, -0.05) is 13.0 Å². The zero-order valence-corrected chi connectivity index (χ0v) is 24.0. The summed E-state index contributed by atoms with van der Waals surface area (Å²) in [7, 11) is 0. The SMILES string of the molecule is CCc1c(F)ccc2cc(O)cc(-c3ncc4c(N5CC[C@H](CO)C5)nc(OCC56CCCN5C[C@H](F)C6)nc4c3F)c12. The minimum atomic E-state index is -0.918. The van der Waals surface area contributed by atoms with Crippen LogP contribution in [0.3, 0.4) is 0 Å². The second-order valence-electron chi connectivity index (χ2n) is 12.1. The highest BCUT2D eigenvalue weighted by atomic mass is 19.1. The Balaban J connectivity index is 1.37. The first-order valence-electron chi connectivity index (χ1n) is 15.0. The van der Waals surface area contributed by atoms with Crippen molar-refractivity contribution in [2.75, 3.05) is 44.3 Å². The number of anilines is 1. The van der Waals surface area contributed by atoms with Crippen LogP contribution in [-0.4, -0.2) is 81.2 Å². The molecule has 43 heavy (non-hydrogen) atoms. The van der Waals surface area contributed by atoms with Gasteiger partial charge in [0.15, 0.2) is 5.82 Å². The molecule has 0 spiro atoms. The van der Waals surface area contributed by atoms with Crippen molar-refractivity contribution < 1.29 is 28.1 Å². The fraction of sp³-hybridized carbons (Fsp3) is 0.469. The molecule has 3 aliphatic heterocycles. The molecule has 226 valence electrons. The Kier molecular flexibility index (Phi) is 7.04. The number of aryl methyl sites for hydroxylation is 1. The maximum Gasteiger partial charge on any atom is 0.319 e. The number of aromatic nitrogens is 3. The average Bonchev–Trinajstić information content (AvgIpc) is 3.70. The van der Waals surface area contributed by atoms with E-state index < -0.39 is 23.3 Å². The van der Waals surface area contributed by atoms with Gasteiger partial charge in [-0.05, 0) is 66.8 Å². The van der Waals surface area contributed by atoms with E-state index in [1.807, 2.05) is 11.8 Å². The predicted octanol–water partition coefficient (Wildman–Crippen LogP) is 5.17. The number of aliphatic hydroxyl groups is 1. The predicted molar refractivity (Wildman–Crippen MR) is 157 cm³/mol. The lowest BCUT2D eigenvalue weighted by atomic mass is 9.94. The van der Waals surface area contributed by atoms with Crippen LogP contribution in [-0.2, 0) is 6.42 Å². The summed E-state index contributed by atoms with van der Waals surface area (Å²) in [4.78, 5) is 17.8. The number of ether oxygens (including phenoxy) is 1. The molecule has 3 atom stereocenters. The molecule has 0 bridgehead atoms. The van der Waals surface area contributed by atoms with Crippen LogP contribution in [0.1, 0.15) is 38.2 Å².